The standard InChI is InChI=1S/C17H24N4O4/c1-10(2)20(5)15(22)13-8-17(25-19-13)6-7-21(9-17)16(23)14-11(3)18-24-12(14)4/h10H,6-9H2,1-5H3/t17-/m1/s1. The van der Waals surface area contributed by atoms with Crippen molar-refractivity contribution in [2.24, 2.45) is 5.16 Å². The second-order valence-electron chi connectivity index (χ2n) is 7.17. The van der Waals surface area contributed by atoms with Gasteiger partial charge in [0, 0.05) is 32.5 Å². The summed E-state index contributed by atoms with van der Waals surface area (Å²) in [6, 6.07) is 0.0907. The van der Waals surface area contributed by atoms with E-state index in [9.17, 15) is 9.59 Å². The first-order valence-corrected chi connectivity index (χ1v) is 8.48. The molecule has 0 N–H and O–H groups in total. The molecule has 8 nitrogen and oxygen atoms in total. The minimum Gasteiger partial charge on any atom is -0.386 e. The summed E-state index contributed by atoms with van der Waals surface area (Å²) in [7, 11) is 1.75. The van der Waals surface area contributed by atoms with Crippen LogP contribution < -0.4 is 0 Å². The van der Waals surface area contributed by atoms with Crippen LogP contribution in [0.3, 0.4) is 0 Å². The van der Waals surface area contributed by atoms with Crippen LogP contribution in [0.15, 0.2) is 9.68 Å². The molecule has 0 aliphatic carbocycles. The highest BCUT2D eigenvalue weighted by Crippen LogP contribution is 2.35. The van der Waals surface area contributed by atoms with E-state index >= 15 is 0 Å². The first-order chi connectivity index (χ1) is 11.7. The molecule has 0 aromatic carbocycles. The van der Waals surface area contributed by atoms with Gasteiger partial charge in [0.2, 0.25) is 0 Å². The van der Waals surface area contributed by atoms with E-state index < -0.39 is 5.60 Å². The third-order valence-corrected chi connectivity index (χ3v) is 5.03. The van der Waals surface area contributed by atoms with Crippen molar-refractivity contribution in [1.82, 2.24) is 15.0 Å². The van der Waals surface area contributed by atoms with Gasteiger partial charge in [-0.25, -0.2) is 0 Å². The van der Waals surface area contributed by atoms with Crippen molar-refractivity contribution >= 4 is 17.5 Å². The van der Waals surface area contributed by atoms with Crippen LogP contribution in [0, 0.1) is 13.8 Å². The first kappa shape index (κ1) is 17.4. The number of rotatable bonds is 3. The fraction of sp³-hybridized carbons (Fsp3) is 0.647. The zero-order valence-corrected chi connectivity index (χ0v) is 15.3. The number of likely N-dealkylation sites (tertiary alicyclic amines) is 1. The third-order valence-electron chi connectivity index (χ3n) is 5.03. The van der Waals surface area contributed by atoms with E-state index in [4.69, 9.17) is 9.36 Å². The van der Waals surface area contributed by atoms with E-state index in [2.05, 4.69) is 10.3 Å². The molecule has 0 bridgehead atoms. The molecule has 3 rings (SSSR count). The quantitative estimate of drug-likeness (QED) is 0.826. The zero-order valence-electron chi connectivity index (χ0n) is 15.3. The van der Waals surface area contributed by atoms with Crippen molar-refractivity contribution in [3.8, 4) is 0 Å². The maximum atomic E-state index is 12.8. The fourth-order valence-electron chi connectivity index (χ4n) is 3.26. The Hall–Kier alpha value is -2.38. The summed E-state index contributed by atoms with van der Waals surface area (Å²) in [5, 5.41) is 7.86. The van der Waals surface area contributed by atoms with Crippen molar-refractivity contribution in [3.63, 3.8) is 0 Å². The van der Waals surface area contributed by atoms with Gasteiger partial charge in [-0.1, -0.05) is 10.3 Å². The van der Waals surface area contributed by atoms with Crippen LogP contribution in [0.25, 0.3) is 0 Å². The van der Waals surface area contributed by atoms with Crippen molar-refractivity contribution in [2.75, 3.05) is 20.1 Å². The molecule has 1 atom stereocenters. The molecule has 136 valence electrons. The maximum absolute atomic E-state index is 12.8. The Morgan fingerprint density at radius 1 is 1.32 bits per heavy atom. The number of hydrogen-bond donors (Lipinski definition) is 0. The zero-order chi connectivity index (χ0) is 18.4. The van der Waals surface area contributed by atoms with Crippen LogP contribution in [-0.4, -0.2) is 64.3 Å². The van der Waals surface area contributed by atoms with Gasteiger partial charge in [-0.15, -0.1) is 0 Å². The molecule has 1 fully saturated rings. The lowest BCUT2D eigenvalue weighted by atomic mass is 9.96. The third kappa shape index (κ3) is 3.01. The molecule has 1 aromatic heterocycles. The molecule has 1 spiro atoms. The Balaban J connectivity index is 1.68. The summed E-state index contributed by atoms with van der Waals surface area (Å²) in [4.78, 5) is 34.2. The lowest BCUT2D eigenvalue weighted by molar-refractivity contribution is -0.124. The highest BCUT2D eigenvalue weighted by atomic mass is 16.7. The predicted octanol–water partition coefficient (Wildman–Crippen LogP) is 1.52. The van der Waals surface area contributed by atoms with Gasteiger partial charge < -0.3 is 19.2 Å². The maximum Gasteiger partial charge on any atom is 0.271 e. The van der Waals surface area contributed by atoms with E-state index in [1.54, 1.807) is 30.7 Å². The summed E-state index contributed by atoms with van der Waals surface area (Å²) in [6.07, 6.45) is 1.07. The van der Waals surface area contributed by atoms with Crippen LogP contribution in [-0.2, 0) is 9.63 Å². The lowest BCUT2D eigenvalue weighted by Crippen LogP contribution is -2.41. The number of amides is 2. The van der Waals surface area contributed by atoms with Crippen molar-refractivity contribution in [1.29, 1.82) is 0 Å². The van der Waals surface area contributed by atoms with Gasteiger partial charge in [-0.05, 0) is 27.7 Å². The van der Waals surface area contributed by atoms with Gasteiger partial charge >= 0.3 is 0 Å². The monoisotopic (exact) mass is 348 g/mol. The summed E-state index contributed by atoms with van der Waals surface area (Å²) in [6.45, 7) is 8.34. The number of carbonyl (C=O) groups excluding carboxylic acids is 2. The topological polar surface area (TPSA) is 88.2 Å². The van der Waals surface area contributed by atoms with E-state index in [0.29, 0.717) is 48.7 Å². The predicted molar refractivity (Wildman–Crippen MR) is 90.3 cm³/mol. The largest absolute Gasteiger partial charge is 0.386 e. The number of carbonyl (C=O) groups is 2. The van der Waals surface area contributed by atoms with Gasteiger partial charge in [0.25, 0.3) is 11.8 Å². The van der Waals surface area contributed by atoms with Gasteiger partial charge in [-0.3, -0.25) is 9.59 Å². The molecule has 0 radical (unpaired) electrons. The molecule has 2 aliphatic heterocycles. The average Bonchev–Trinajstić information content (AvgIpc) is 3.26. The highest BCUT2D eigenvalue weighted by molar-refractivity contribution is 6.39. The van der Waals surface area contributed by atoms with Crippen molar-refractivity contribution in [3.05, 3.63) is 17.0 Å². The van der Waals surface area contributed by atoms with Crippen LogP contribution in [0.1, 0.15) is 48.5 Å². The van der Waals surface area contributed by atoms with Crippen LogP contribution in [0.4, 0.5) is 0 Å². The second-order valence-corrected chi connectivity index (χ2v) is 7.17. The molecular formula is C17H24N4O4. The van der Waals surface area contributed by atoms with Gasteiger partial charge in [-0.2, -0.15) is 0 Å². The molecule has 0 saturated carbocycles. The summed E-state index contributed by atoms with van der Waals surface area (Å²) >= 11 is 0. The van der Waals surface area contributed by atoms with E-state index in [-0.39, 0.29) is 17.9 Å². The van der Waals surface area contributed by atoms with E-state index in [1.807, 2.05) is 13.8 Å². The minimum atomic E-state index is -0.600. The van der Waals surface area contributed by atoms with E-state index in [0.717, 1.165) is 0 Å². The number of aryl methyl sites for hydroxylation is 2. The summed E-state index contributed by atoms with van der Waals surface area (Å²) in [5.41, 5.74) is 0.911. The Bertz CT molecular complexity index is 720. The Kier molecular flexibility index (Phi) is 4.30. The molecule has 1 saturated heterocycles. The molecular weight excluding hydrogens is 324 g/mol. The molecule has 8 heteroatoms. The van der Waals surface area contributed by atoms with Gasteiger partial charge in [0.05, 0.1) is 12.2 Å². The van der Waals surface area contributed by atoms with Crippen LogP contribution in [0.2, 0.25) is 0 Å². The molecule has 1 aromatic rings. The average molecular weight is 348 g/mol. The van der Waals surface area contributed by atoms with Crippen molar-refractivity contribution < 1.29 is 18.9 Å². The van der Waals surface area contributed by atoms with Gasteiger partial charge in [0.1, 0.15) is 17.0 Å². The number of oxime groups is 1. The highest BCUT2D eigenvalue weighted by Gasteiger charge is 2.48. The Labute approximate surface area is 146 Å². The summed E-state index contributed by atoms with van der Waals surface area (Å²) in [5.74, 6) is 0.277. The fourth-order valence-corrected chi connectivity index (χ4v) is 3.26. The molecule has 0 unspecified atom stereocenters. The molecule has 25 heavy (non-hydrogen) atoms. The van der Waals surface area contributed by atoms with Crippen LogP contribution >= 0.6 is 0 Å². The van der Waals surface area contributed by atoms with Crippen LogP contribution in [0.5, 0.6) is 0 Å². The second kappa shape index (κ2) is 6.16. The van der Waals surface area contributed by atoms with Crippen molar-refractivity contribution in [2.45, 2.75) is 52.2 Å². The van der Waals surface area contributed by atoms with Gasteiger partial charge in [0.15, 0.2) is 5.60 Å². The molecule has 2 aliphatic rings. The van der Waals surface area contributed by atoms with E-state index in [1.165, 1.54) is 0 Å². The number of nitrogens with zero attached hydrogens (tertiary/aromatic N) is 4. The molecule has 2 amide bonds. The smallest absolute Gasteiger partial charge is 0.271 e. The Morgan fingerprint density at radius 3 is 2.64 bits per heavy atom. The summed E-state index contributed by atoms with van der Waals surface area (Å²) < 4.78 is 5.09. The molecule has 3 heterocycles. The SMILES string of the molecule is Cc1noc(C)c1C(=O)N1CC[C@@]2(CC(C(=O)N(C)C(C)C)=NO2)C1. The Morgan fingerprint density at radius 2 is 2.04 bits per heavy atom. The minimum absolute atomic E-state index is 0.0907. The number of hydrogen-bond acceptors (Lipinski definition) is 6. The first-order valence-electron chi connectivity index (χ1n) is 8.48. The number of aromatic nitrogens is 1. The lowest BCUT2D eigenvalue weighted by Gasteiger charge is -2.23. The normalized spacial score (nSPS) is 22.5.